The van der Waals surface area contributed by atoms with Crippen molar-refractivity contribution in [3.63, 3.8) is 0 Å². The zero-order chi connectivity index (χ0) is 19.0. The van der Waals surface area contributed by atoms with Gasteiger partial charge in [-0.05, 0) is 48.7 Å². The summed E-state index contributed by atoms with van der Waals surface area (Å²) in [6.07, 6.45) is 0. The number of carbonyl (C=O) groups excluding carboxylic acids is 3. The van der Waals surface area contributed by atoms with Crippen molar-refractivity contribution in [2.45, 2.75) is 26.8 Å². The van der Waals surface area contributed by atoms with Gasteiger partial charge in [-0.3, -0.25) is 19.3 Å². The maximum absolute atomic E-state index is 12.9. The second-order valence-electron chi connectivity index (χ2n) is 6.66. The Morgan fingerprint density at radius 2 is 1.62 bits per heavy atom. The highest BCUT2D eigenvalue weighted by Gasteiger charge is 2.43. The summed E-state index contributed by atoms with van der Waals surface area (Å²) in [7, 11) is 0. The minimum absolute atomic E-state index is 0.246. The number of rotatable bonds is 4. The van der Waals surface area contributed by atoms with E-state index in [1.165, 1.54) is 0 Å². The van der Waals surface area contributed by atoms with Crippen molar-refractivity contribution in [3.05, 3.63) is 64.2 Å². The first kappa shape index (κ1) is 18.1. The van der Waals surface area contributed by atoms with Crippen molar-refractivity contribution in [2.24, 2.45) is 5.92 Å². The molecule has 26 heavy (non-hydrogen) atoms. The standard InChI is InChI=1S/C20H19ClN2O3/c1-11(2)17(18(24)22-16-9-8-13(21)10-12(16)3)23-19(25)14-6-4-5-7-15(14)20(23)26/h4-11,17H,1-3H3,(H,22,24)/t17-/m0/s1. The molecule has 0 aromatic heterocycles. The third-order valence-corrected chi connectivity index (χ3v) is 4.69. The van der Waals surface area contributed by atoms with Crippen molar-refractivity contribution in [2.75, 3.05) is 5.32 Å². The second kappa shape index (κ2) is 6.92. The lowest BCUT2D eigenvalue weighted by Crippen LogP contribution is -2.50. The summed E-state index contributed by atoms with van der Waals surface area (Å²) in [4.78, 5) is 39.5. The molecular formula is C20H19ClN2O3. The number of hydrogen-bond acceptors (Lipinski definition) is 3. The summed E-state index contributed by atoms with van der Waals surface area (Å²) in [6.45, 7) is 5.44. The Balaban J connectivity index is 1.92. The van der Waals surface area contributed by atoms with Crippen LogP contribution in [0.4, 0.5) is 5.69 Å². The predicted molar refractivity (Wildman–Crippen MR) is 100 cm³/mol. The highest BCUT2D eigenvalue weighted by atomic mass is 35.5. The van der Waals surface area contributed by atoms with Gasteiger partial charge in [-0.1, -0.05) is 37.6 Å². The largest absolute Gasteiger partial charge is 0.324 e. The van der Waals surface area contributed by atoms with E-state index >= 15 is 0 Å². The summed E-state index contributed by atoms with van der Waals surface area (Å²) < 4.78 is 0. The van der Waals surface area contributed by atoms with E-state index in [1.807, 2.05) is 20.8 Å². The summed E-state index contributed by atoms with van der Waals surface area (Å²) in [6, 6.07) is 10.8. The molecule has 0 spiro atoms. The number of carbonyl (C=O) groups is 3. The molecule has 1 N–H and O–H groups in total. The quantitative estimate of drug-likeness (QED) is 0.830. The molecule has 6 heteroatoms. The molecule has 1 aliphatic heterocycles. The van der Waals surface area contributed by atoms with E-state index in [-0.39, 0.29) is 5.92 Å². The molecule has 134 valence electrons. The first-order valence-corrected chi connectivity index (χ1v) is 8.73. The summed E-state index contributed by atoms with van der Waals surface area (Å²) in [5.41, 5.74) is 2.06. The van der Waals surface area contributed by atoms with Crippen LogP contribution in [0.15, 0.2) is 42.5 Å². The van der Waals surface area contributed by atoms with Gasteiger partial charge in [-0.2, -0.15) is 0 Å². The SMILES string of the molecule is Cc1cc(Cl)ccc1NC(=O)[C@H](C(C)C)N1C(=O)c2ccccc2C1=O. The smallest absolute Gasteiger partial charge is 0.262 e. The molecule has 0 saturated heterocycles. The molecule has 1 aliphatic rings. The minimum Gasteiger partial charge on any atom is -0.324 e. The van der Waals surface area contributed by atoms with Crippen LogP contribution in [-0.2, 0) is 4.79 Å². The number of benzene rings is 2. The van der Waals surface area contributed by atoms with Crippen LogP contribution in [0.5, 0.6) is 0 Å². The van der Waals surface area contributed by atoms with Crippen LogP contribution in [0.3, 0.4) is 0 Å². The van der Waals surface area contributed by atoms with Gasteiger partial charge in [0, 0.05) is 10.7 Å². The average molecular weight is 371 g/mol. The Morgan fingerprint density at radius 1 is 1.04 bits per heavy atom. The Labute approximate surface area is 156 Å². The monoisotopic (exact) mass is 370 g/mol. The topological polar surface area (TPSA) is 66.5 Å². The molecule has 2 aromatic rings. The van der Waals surface area contributed by atoms with Crippen molar-refractivity contribution >= 4 is 35.0 Å². The number of amides is 3. The molecule has 1 heterocycles. The van der Waals surface area contributed by atoms with Gasteiger partial charge in [0.2, 0.25) is 5.91 Å². The number of imide groups is 1. The fourth-order valence-corrected chi connectivity index (χ4v) is 3.38. The second-order valence-corrected chi connectivity index (χ2v) is 7.10. The number of anilines is 1. The lowest BCUT2D eigenvalue weighted by Gasteiger charge is -2.28. The van der Waals surface area contributed by atoms with Gasteiger partial charge in [0.1, 0.15) is 6.04 Å². The van der Waals surface area contributed by atoms with E-state index < -0.39 is 23.8 Å². The third-order valence-electron chi connectivity index (χ3n) is 4.45. The molecular weight excluding hydrogens is 352 g/mol. The summed E-state index contributed by atoms with van der Waals surface area (Å²) in [5.74, 6) is -1.52. The van der Waals surface area contributed by atoms with E-state index in [2.05, 4.69) is 5.32 Å². The Hall–Kier alpha value is -2.66. The van der Waals surface area contributed by atoms with Crippen LogP contribution >= 0.6 is 11.6 Å². The van der Waals surface area contributed by atoms with E-state index in [4.69, 9.17) is 11.6 Å². The number of hydrogen-bond donors (Lipinski definition) is 1. The molecule has 0 bridgehead atoms. The predicted octanol–water partition coefficient (Wildman–Crippen LogP) is 3.91. The molecule has 5 nitrogen and oxygen atoms in total. The first-order chi connectivity index (χ1) is 12.3. The molecule has 0 saturated carbocycles. The van der Waals surface area contributed by atoms with Crippen LogP contribution in [0.2, 0.25) is 5.02 Å². The van der Waals surface area contributed by atoms with Gasteiger partial charge in [0.15, 0.2) is 0 Å². The van der Waals surface area contributed by atoms with Crippen LogP contribution in [0.1, 0.15) is 40.1 Å². The fourth-order valence-electron chi connectivity index (χ4n) is 3.15. The minimum atomic E-state index is -0.905. The third kappa shape index (κ3) is 3.10. The molecule has 1 atom stereocenters. The molecule has 0 aliphatic carbocycles. The fraction of sp³-hybridized carbons (Fsp3) is 0.250. The number of aryl methyl sites for hydroxylation is 1. The lowest BCUT2D eigenvalue weighted by molar-refractivity contribution is -0.121. The van der Waals surface area contributed by atoms with E-state index in [0.717, 1.165) is 10.5 Å². The zero-order valence-corrected chi connectivity index (χ0v) is 15.5. The van der Waals surface area contributed by atoms with Crippen LogP contribution in [-0.4, -0.2) is 28.7 Å². The van der Waals surface area contributed by atoms with Crippen LogP contribution < -0.4 is 5.32 Å². The zero-order valence-electron chi connectivity index (χ0n) is 14.7. The summed E-state index contributed by atoms with van der Waals surface area (Å²) >= 11 is 5.95. The van der Waals surface area contributed by atoms with Gasteiger partial charge in [0.05, 0.1) is 11.1 Å². The van der Waals surface area contributed by atoms with Crippen molar-refractivity contribution in [1.82, 2.24) is 4.90 Å². The number of nitrogens with zero attached hydrogens (tertiary/aromatic N) is 1. The molecule has 0 fully saturated rings. The molecule has 0 radical (unpaired) electrons. The Kier molecular flexibility index (Phi) is 4.83. The Morgan fingerprint density at radius 3 is 2.12 bits per heavy atom. The van der Waals surface area contributed by atoms with E-state index in [1.54, 1.807) is 42.5 Å². The van der Waals surface area contributed by atoms with Gasteiger partial charge in [-0.25, -0.2) is 0 Å². The molecule has 3 amide bonds. The first-order valence-electron chi connectivity index (χ1n) is 8.35. The van der Waals surface area contributed by atoms with Crippen LogP contribution in [0.25, 0.3) is 0 Å². The highest BCUT2D eigenvalue weighted by molar-refractivity contribution is 6.30. The molecule has 2 aromatic carbocycles. The van der Waals surface area contributed by atoms with Gasteiger partial charge in [0.25, 0.3) is 11.8 Å². The molecule has 3 rings (SSSR count). The maximum atomic E-state index is 12.9. The van der Waals surface area contributed by atoms with Gasteiger partial charge >= 0.3 is 0 Å². The maximum Gasteiger partial charge on any atom is 0.262 e. The van der Waals surface area contributed by atoms with Crippen molar-refractivity contribution in [3.8, 4) is 0 Å². The Bertz CT molecular complexity index is 873. The van der Waals surface area contributed by atoms with Crippen molar-refractivity contribution < 1.29 is 14.4 Å². The average Bonchev–Trinajstić information content (AvgIpc) is 2.83. The molecule has 0 unspecified atom stereocenters. The van der Waals surface area contributed by atoms with E-state index in [9.17, 15) is 14.4 Å². The summed E-state index contributed by atoms with van der Waals surface area (Å²) in [5, 5.41) is 3.39. The van der Waals surface area contributed by atoms with Gasteiger partial charge < -0.3 is 5.32 Å². The van der Waals surface area contributed by atoms with Crippen molar-refractivity contribution in [1.29, 1.82) is 0 Å². The lowest BCUT2D eigenvalue weighted by atomic mass is 10.0. The van der Waals surface area contributed by atoms with Gasteiger partial charge in [-0.15, -0.1) is 0 Å². The normalized spacial score (nSPS) is 14.6. The number of halogens is 1. The number of nitrogens with one attached hydrogen (secondary N) is 1. The number of fused-ring (bicyclic) bond motifs is 1. The van der Waals surface area contributed by atoms with Crippen LogP contribution in [0, 0.1) is 12.8 Å². The van der Waals surface area contributed by atoms with E-state index in [0.29, 0.717) is 21.8 Å². The highest BCUT2D eigenvalue weighted by Crippen LogP contribution is 2.28.